The van der Waals surface area contributed by atoms with Crippen LogP contribution in [0.25, 0.3) is 0 Å². The zero-order valence-electron chi connectivity index (χ0n) is 8.51. The fraction of sp³-hybridized carbons (Fsp3) is 1.00. The molecule has 2 heteroatoms. The lowest BCUT2D eigenvalue weighted by Gasteiger charge is -2.16. The molecule has 1 fully saturated rings. The van der Waals surface area contributed by atoms with E-state index in [0.29, 0.717) is 6.10 Å². The second kappa shape index (κ2) is 5.76. The Kier molecular flexibility index (Phi) is 4.92. The molecule has 0 atom stereocenters. The number of hydrogen-bond acceptors (Lipinski definition) is 1. The van der Waals surface area contributed by atoms with Crippen LogP contribution in [-0.4, -0.2) is 15.9 Å². The highest BCUT2D eigenvalue weighted by Gasteiger charge is 2.17. The fourth-order valence-corrected chi connectivity index (χ4v) is 3.90. The molecule has 1 nitrogen and oxygen atoms in total. The van der Waals surface area contributed by atoms with Crippen molar-refractivity contribution in [3.63, 3.8) is 0 Å². The van der Waals surface area contributed by atoms with Gasteiger partial charge in [-0.1, -0.05) is 39.5 Å². The minimum Gasteiger partial charge on any atom is -0.421 e. The van der Waals surface area contributed by atoms with Crippen LogP contribution in [0.4, 0.5) is 0 Å². The normalized spacial score (nSPS) is 20.2. The summed E-state index contributed by atoms with van der Waals surface area (Å²) in [4.78, 5) is 0. The van der Waals surface area contributed by atoms with Crippen LogP contribution in [0.1, 0.15) is 52.4 Å². The van der Waals surface area contributed by atoms with Gasteiger partial charge in [-0.05, 0) is 18.4 Å². The lowest BCUT2D eigenvalue weighted by Crippen LogP contribution is -2.16. The molecule has 0 saturated heterocycles. The molecule has 1 rings (SSSR count). The van der Waals surface area contributed by atoms with Crippen molar-refractivity contribution in [1.82, 2.24) is 0 Å². The Balaban J connectivity index is 2.06. The summed E-state index contributed by atoms with van der Waals surface area (Å²) in [6.07, 6.45) is 8.84. The van der Waals surface area contributed by atoms with Gasteiger partial charge in [0.2, 0.25) is 0 Å². The smallest absolute Gasteiger partial charge is 0.165 e. The maximum absolute atomic E-state index is 5.96. The first-order valence-electron chi connectivity index (χ1n) is 5.48. The van der Waals surface area contributed by atoms with Gasteiger partial charge < -0.3 is 4.43 Å². The predicted molar refractivity (Wildman–Crippen MR) is 56.2 cm³/mol. The van der Waals surface area contributed by atoms with Gasteiger partial charge in [0, 0.05) is 6.10 Å². The van der Waals surface area contributed by atoms with E-state index in [1.165, 1.54) is 38.5 Å². The van der Waals surface area contributed by atoms with Gasteiger partial charge in [0.15, 0.2) is 9.76 Å². The van der Waals surface area contributed by atoms with Gasteiger partial charge in [0.05, 0.1) is 0 Å². The lowest BCUT2D eigenvalue weighted by molar-refractivity contribution is 0.199. The predicted octanol–water partition coefficient (Wildman–Crippen LogP) is 2.64. The molecule has 0 spiro atoms. The summed E-state index contributed by atoms with van der Waals surface area (Å²) in [5, 5.41) is 0. The van der Waals surface area contributed by atoms with Crippen molar-refractivity contribution < 1.29 is 4.43 Å². The molecule has 0 aromatic carbocycles. The first-order valence-corrected chi connectivity index (χ1v) is 6.87. The number of rotatable bonds is 5. The van der Waals surface area contributed by atoms with Crippen molar-refractivity contribution in [2.24, 2.45) is 0 Å². The van der Waals surface area contributed by atoms with Gasteiger partial charge in [-0.2, -0.15) is 0 Å². The van der Waals surface area contributed by atoms with Gasteiger partial charge in [-0.15, -0.1) is 0 Å². The van der Waals surface area contributed by atoms with Crippen molar-refractivity contribution in [1.29, 1.82) is 0 Å². The molecule has 12 heavy (non-hydrogen) atoms. The molecule has 1 aliphatic rings. The van der Waals surface area contributed by atoms with Crippen molar-refractivity contribution in [2.75, 3.05) is 0 Å². The Hall–Kier alpha value is 0.177. The monoisotopic (exact) mass is 186 g/mol. The van der Waals surface area contributed by atoms with Crippen LogP contribution >= 0.6 is 0 Å². The molecule has 1 saturated carbocycles. The van der Waals surface area contributed by atoms with Gasteiger partial charge >= 0.3 is 0 Å². The van der Waals surface area contributed by atoms with E-state index >= 15 is 0 Å². The molecule has 0 aromatic heterocycles. The van der Waals surface area contributed by atoms with Crippen molar-refractivity contribution in [3.8, 4) is 0 Å². The Morgan fingerprint density at radius 3 is 2.33 bits per heavy atom. The second-order valence-corrected chi connectivity index (χ2v) is 5.74. The summed E-state index contributed by atoms with van der Waals surface area (Å²) in [5.41, 5.74) is 1.02. The molecule has 0 heterocycles. The topological polar surface area (TPSA) is 9.23 Å². The third-order valence-corrected chi connectivity index (χ3v) is 4.90. The molecule has 1 aliphatic carbocycles. The first-order chi connectivity index (χ1) is 5.86. The highest BCUT2D eigenvalue weighted by molar-refractivity contribution is 6.29. The van der Waals surface area contributed by atoms with Gasteiger partial charge in [0.25, 0.3) is 0 Å². The van der Waals surface area contributed by atoms with Gasteiger partial charge in [0.1, 0.15) is 0 Å². The average Bonchev–Trinajstić information content (AvgIpc) is 2.59. The van der Waals surface area contributed by atoms with Crippen LogP contribution in [0.3, 0.4) is 0 Å². The van der Waals surface area contributed by atoms with E-state index in [1.807, 2.05) is 0 Å². The van der Waals surface area contributed by atoms with Gasteiger partial charge in [-0.3, -0.25) is 0 Å². The average molecular weight is 186 g/mol. The quantitative estimate of drug-likeness (QED) is 0.600. The van der Waals surface area contributed by atoms with Crippen LogP contribution in [0.2, 0.25) is 5.54 Å². The highest BCUT2D eigenvalue weighted by Crippen LogP contribution is 2.29. The lowest BCUT2D eigenvalue weighted by atomic mass is 10.2. The van der Waals surface area contributed by atoms with E-state index in [4.69, 9.17) is 4.43 Å². The van der Waals surface area contributed by atoms with E-state index in [-0.39, 0.29) is 9.76 Å². The molecule has 0 radical (unpaired) electrons. The Morgan fingerprint density at radius 2 is 1.83 bits per heavy atom. The zero-order valence-corrected chi connectivity index (χ0v) is 9.93. The standard InChI is InChI=1S/C10H22OSi/c1-3-9(4-2)11-12-10-7-5-6-8-10/h9-10H,3-8,12H2,1-2H3. The Bertz CT molecular complexity index is 104. The van der Waals surface area contributed by atoms with Crippen molar-refractivity contribution in [2.45, 2.75) is 64.0 Å². The molecule has 0 bridgehead atoms. The van der Waals surface area contributed by atoms with Crippen LogP contribution in [0.15, 0.2) is 0 Å². The van der Waals surface area contributed by atoms with Crippen LogP contribution in [0.5, 0.6) is 0 Å². The maximum atomic E-state index is 5.96. The number of hydrogen-bond donors (Lipinski definition) is 0. The molecule has 0 unspecified atom stereocenters. The third-order valence-electron chi connectivity index (χ3n) is 2.95. The maximum Gasteiger partial charge on any atom is 0.165 e. The molecule has 0 aromatic rings. The summed E-state index contributed by atoms with van der Waals surface area (Å²) in [6, 6.07) is 0. The largest absolute Gasteiger partial charge is 0.421 e. The van der Waals surface area contributed by atoms with Crippen LogP contribution in [-0.2, 0) is 4.43 Å². The summed E-state index contributed by atoms with van der Waals surface area (Å²) in [5.74, 6) is 0. The van der Waals surface area contributed by atoms with Gasteiger partial charge in [-0.25, -0.2) is 0 Å². The molecule has 0 N–H and O–H groups in total. The third kappa shape index (κ3) is 3.28. The summed E-state index contributed by atoms with van der Waals surface area (Å²) in [7, 11) is -0.182. The van der Waals surface area contributed by atoms with Crippen molar-refractivity contribution >= 4 is 9.76 Å². The molecular weight excluding hydrogens is 164 g/mol. The molecular formula is C10H22OSi. The summed E-state index contributed by atoms with van der Waals surface area (Å²) >= 11 is 0. The van der Waals surface area contributed by atoms with Crippen molar-refractivity contribution in [3.05, 3.63) is 0 Å². The molecule has 72 valence electrons. The van der Waals surface area contributed by atoms with E-state index in [2.05, 4.69) is 13.8 Å². The first kappa shape index (κ1) is 10.3. The minimum absolute atomic E-state index is 0.182. The zero-order chi connectivity index (χ0) is 8.81. The molecule has 0 amide bonds. The van der Waals surface area contributed by atoms with E-state index in [0.717, 1.165) is 5.54 Å². The Labute approximate surface area is 78.8 Å². The van der Waals surface area contributed by atoms with E-state index in [9.17, 15) is 0 Å². The SMILES string of the molecule is CCC(CC)O[SiH2]C1CCCC1. The van der Waals surface area contributed by atoms with Crippen LogP contribution < -0.4 is 0 Å². The van der Waals surface area contributed by atoms with E-state index < -0.39 is 0 Å². The van der Waals surface area contributed by atoms with E-state index in [1.54, 1.807) is 0 Å². The minimum atomic E-state index is -0.182. The molecule has 0 aliphatic heterocycles. The summed E-state index contributed by atoms with van der Waals surface area (Å²) in [6.45, 7) is 4.47. The fourth-order valence-electron chi connectivity index (χ4n) is 1.97. The highest BCUT2D eigenvalue weighted by atomic mass is 28.2. The second-order valence-electron chi connectivity index (χ2n) is 3.92. The van der Waals surface area contributed by atoms with Crippen LogP contribution in [0, 0.1) is 0 Å². The Morgan fingerprint density at radius 1 is 1.25 bits per heavy atom. The summed E-state index contributed by atoms with van der Waals surface area (Å²) < 4.78 is 5.96.